The second-order valence-corrected chi connectivity index (χ2v) is 7.14. The summed E-state index contributed by atoms with van der Waals surface area (Å²) in [5.74, 6) is -0.0824. The average molecular weight is 398 g/mol. The minimum absolute atomic E-state index is 0.0288. The number of carboxylic acids is 1. The van der Waals surface area contributed by atoms with Crippen LogP contribution in [0.5, 0.6) is 5.75 Å². The van der Waals surface area contributed by atoms with Crippen LogP contribution in [0.3, 0.4) is 0 Å². The summed E-state index contributed by atoms with van der Waals surface area (Å²) >= 11 is 3.50. The van der Waals surface area contributed by atoms with E-state index in [2.05, 4.69) is 29.8 Å². The summed E-state index contributed by atoms with van der Waals surface area (Å²) in [5.41, 5.74) is 1.23. The highest BCUT2D eigenvalue weighted by Crippen LogP contribution is 2.30. The Morgan fingerprint density at radius 1 is 1.38 bits per heavy atom. The lowest BCUT2D eigenvalue weighted by Gasteiger charge is -2.30. The van der Waals surface area contributed by atoms with Gasteiger partial charge in [0.1, 0.15) is 5.75 Å². The van der Waals surface area contributed by atoms with Crippen LogP contribution in [0.4, 0.5) is 0 Å². The van der Waals surface area contributed by atoms with E-state index in [4.69, 9.17) is 9.84 Å². The molecule has 1 aliphatic rings. The summed E-state index contributed by atoms with van der Waals surface area (Å²) in [4.78, 5) is 24.8. The zero-order valence-electron chi connectivity index (χ0n) is 14.1. The Kier molecular flexibility index (Phi) is 6.66. The number of hydrogen-bond acceptors (Lipinski definition) is 3. The summed E-state index contributed by atoms with van der Waals surface area (Å²) in [5, 5.41) is 8.99. The Hall–Kier alpha value is -1.56. The fraction of sp³-hybridized carbons (Fsp3) is 0.556. The van der Waals surface area contributed by atoms with Gasteiger partial charge < -0.3 is 14.7 Å². The minimum atomic E-state index is -0.774. The Morgan fingerprint density at radius 3 is 2.58 bits per heavy atom. The quantitative estimate of drug-likeness (QED) is 0.794. The van der Waals surface area contributed by atoms with Gasteiger partial charge in [-0.1, -0.05) is 19.9 Å². The molecular formula is C18H24BrNO4. The van der Waals surface area contributed by atoms with Gasteiger partial charge in [0.25, 0.3) is 5.91 Å². The molecule has 1 aromatic rings. The van der Waals surface area contributed by atoms with E-state index in [0.717, 1.165) is 10.9 Å². The predicted octanol–water partition coefficient (Wildman–Crippen LogP) is 3.66. The van der Waals surface area contributed by atoms with Crippen LogP contribution in [0.15, 0.2) is 22.7 Å². The molecule has 1 amide bonds. The molecule has 0 spiro atoms. The molecule has 1 N–H and O–H groups in total. The lowest BCUT2D eigenvalue weighted by Crippen LogP contribution is -2.42. The van der Waals surface area contributed by atoms with E-state index in [9.17, 15) is 9.59 Å². The van der Waals surface area contributed by atoms with Gasteiger partial charge in [0, 0.05) is 13.1 Å². The van der Waals surface area contributed by atoms with Gasteiger partial charge in [-0.2, -0.15) is 0 Å². The van der Waals surface area contributed by atoms with E-state index in [1.165, 1.54) is 5.56 Å². The maximum absolute atomic E-state index is 12.2. The fourth-order valence-electron chi connectivity index (χ4n) is 2.78. The first-order chi connectivity index (χ1) is 11.4. The van der Waals surface area contributed by atoms with Crippen LogP contribution >= 0.6 is 15.9 Å². The molecule has 0 bridgehead atoms. The van der Waals surface area contributed by atoms with Crippen molar-refractivity contribution in [1.29, 1.82) is 0 Å². The summed E-state index contributed by atoms with van der Waals surface area (Å²) in [7, 11) is 0. The summed E-state index contributed by atoms with van der Waals surface area (Å²) in [6, 6.07) is 5.94. The molecule has 1 atom stereocenters. The smallest absolute Gasteiger partial charge is 0.306 e. The van der Waals surface area contributed by atoms with Gasteiger partial charge in [0.05, 0.1) is 10.4 Å². The number of carbonyl (C=O) groups excluding carboxylic acids is 1. The number of amides is 1. The van der Waals surface area contributed by atoms with E-state index in [-0.39, 0.29) is 18.4 Å². The van der Waals surface area contributed by atoms with Gasteiger partial charge in [-0.25, -0.2) is 0 Å². The van der Waals surface area contributed by atoms with Crippen molar-refractivity contribution in [3.8, 4) is 5.75 Å². The topological polar surface area (TPSA) is 66.8 Å². The second-order valence-electron chi connectivity index (χ2n) is 6.28. The van der Waals surface area contributed by atoms with Gasteiger partial charge in [-0.3, -0.25) is 9.59 Å². The van der Waals surface area contributed by atoms with Gasteiger partial charge in [-0.05, 0) is 58.8 Å². The number of aliphatic carboxylic acids is 1. The highest BCUT2D eigenvalue weighted by molar-refractivity contribution is 9.10. The Balaban J connectivity index is 1.87. The molecule has 2 rings (SSSR count). The Labute approximate surface area is 151 Å². The van der Waals surface area contributed by atoms with Crippen molar-refractivity contribution < 1.29 is 19.4 Å². The highest BCUT2D eigenvalue weighted by atomic mass is 79.9. The van der Waals surface area contributed by atoms with Crippen LogP contribution in [0, 0.1) is 5.92 Å². The van der Waals surface area contributed by atoms with Crippen molar-refractivity contribution in [1.82, 2.24) is 4.90 Å². The average Bonchev–Trinajstić information content (AvgIpc) is 2.59. The van der Waals surface area contributed by atoms with Gasteiger partial charge in [0.2, 0.25) is 0 Å². The van der Waals surface area contributed by atoms with Crippen LogP contribution < -0.4 is 4.74 Å². The normalized spacial score (nSPS) is 16.7. The van der Waals surface area contributed by atoms with E-state index in [1.807, 2.05) is 18.2 Å². The first-order valence-electron chi connectivity index (χ1n) is 8.35. The van der Waals surface area contributed by atoms with Gasteiger partial charge in [-0.15, -0.1) is 0 Å². The number of piperidine rings is 1. The summed E-state index contributed by atoms with van der Waals surface area (Å²) in [6.07, 6.45) is 2.08. The minimum Gasteiger partial charge on any atom is -0.483 e. The third-order valence-electron chi connectivity index (χ3n) is 4.69. The fourth-order valence-corrected chi connectivity index (χ4v) is 3.29. The molecule has 1 aromatic carbocycles. The number of hydrogen-bond donors (Lipinski definition) is 1. The van der Waals surface area contributed by atoms with Crippen LogP contribution in [-0.4, -0.2) is 41.6 Å². The molecule has 0 radical (unpaired) electrons. The van der Waals surface area contributed by atoms with Crippen molar-refractivity contribution in [3.05, 3.63) is 28.2 Å². The van der Waals surface area contributed by atoms with E-state index in [0.29, 0.717) is 37.6 Å². The van der Waals surface area contributed by atoms with Crippen LogP contribution in [0.1, 0.15) is 44.6 Å². The predicted molar refractivity (Wildman–Crippen MR) is 95.3 cm³/mol. The molecule has 1 aliphatic heterocycles. The van der Waals surface area contributed by atoms with Crippen molar-refractivity contribution in [2.24, 2.45) is 5.92 Å². The largest absolute Gasteiger partial charge is 0.483 e. The number of carboxylic acid groups (broad SMARTS) is 1. The zero-order chi connectivity index (χ0) is 17.7. The van der Waals surface area contributed by atoms with Crippen molar-refractivity contribution in [2.45, 2.75) is 39.0 Å². The molecular weight excluding hydrogens is 374 g/mol. The standard InChI is InChI=1S/C18H24BrNO4/c1-3-12(2)14-4-5-16(15(19)10-14)24-11-17(21)20-8-6-13(7-9-20)18(22)23/h4-5,10,12-13H,3,6-9,11H2,1-2H3,(H,22,23). The lowest BCUT2D eigenvalue weighted by atomic mass is 9.97. The number of carbonyl (C=O) groups is 2. The number of nitrogens with zero attached hydrogens (tertiary/aromatic N) is 1. The van der Waals surface area contributed by atoms with Crippen molar-refractivity contribution in [3.63, 3.8) is 0 Å². The maximum atomic E-state index is 12.2. The first-order valence-corrected chi connectivity index (χ1v) is 9.14. The molecule has 1 heterocycles. The van der Waals surface area contributed by atoms with E-state index >= 15 is 0 Å². The Morgan fingerprint density at radius 2 is 2.04 bits per heavy atom. The molecule has 6 heteroatoms. The molecule has 1 unspecified atom stereocenters. The molecule has 0 saturated carbocycles. The second kappa shape index (κ2) is 8.51. The van der Waals surface area contributed by atoms with E-state index < -0.39 is 5.97 Å². The Bertz CT molecular complexity index is 597. The first kappa shape index (κ1) is 18.8. The van der Waals surface area contributed by atoms with Gasteiger partial charge in [0.15, 0.2) is 6.61 Å². The molecule has 1 fully saturated rings. The molecule has 0 aliphatic carbocycles. The summed E-state index contributed by atoms with van der Waals surface area (Å²) in [6.45, 7) is 5.25. The number of ether oxygens (including phenoxy) is 1. The van der Waals surface area contributed by atoms with Crippen LogP contribution in [-0.2, 0) is 9.59 Å². The van der Waals surface area contributed by atoms with E-state index in [1.54, 1.807) is 4.90 Å². The molecule has 1 saturated heterocycles. The van der Waals surface area contributed by atoms with Gasteiger partial charge >= 0.3 is 5.97 Å². The lowest BCUT2D eigenvalue weighted by molar-refractivity contribution is -0.146. The number of rotatable bonds is 6. The van der Waals surface area contributed by atoms with Crippen molar-refractivity contribution in [2.75, 3.05) is 19.7 Å². The van der Waals surface area contributed by atoms with Crippen LogP contribution in [0.2, 0.25) is 0 Å². The third-order valence-corrected chi connectivity index (χ3v) is 5.31. The monoisotopic (exact) mass is 397 g/mol. The summed E-state index contributed by atoms with van der Waals surface area (Å²) < 4.78 is 6.49. The number of benzene rings is 1. The SMILES string of the molecule is CCC(C)c1ccc(OCC(=O)N2CCC(C(=O)O)CC2)c(Br)c1. The third kappa shape index (κ3) is 4.72. The highest BCUT2D eigenvalue weighted by Gasteiger charge is 2.27. The molecule has 24 heavy (non-hydrogen) atoms. The number of halogens is 1. The molecule has 0 aromatic heterocycles. The number of likely N-dealkylation sites (tertiary alicyclic amines) is 1. The van der Waals surface area contributed by atoms with Crippen molar-refractivity contribution >= 4 is 27.8 Å². The molecule has 5 nitrogen and oxygen atoms in total. The molecule has 132 valence electrons. The zero-order valence-corrected chi connectivity index (χ0v) is 15.7. The maximum Gasteiger partial charge on any atom is 0.306 e. The van der Waals surface area contributed by atoms with Crippen LogP contribution in [0.25, 0.3) is 0 Å².